The Morgan fingerprint density at radius 1 is 1.39 bits per heavy atom. The lowest BCUT2D eigenvalue weighted by Gasteiger charge is -2.08. The van der Waals surface area contributed by atoms with Gasteiger partial charge in [-0.05, 0) is 32.0 Å². The number of aryl methyl sites for hydroxylation is 2. The van der Waals surface area contributed by atoms with Crippen molar-refractivity contribution in [3.8, 4) is 11.4 Å². The van der Waals surface area contributed by atoms with E-state index in [1.54, 1.807) is 22.9 Å². The molecule has 1 aromatic carbocycles. The van der Waals surface area contributed by atoms with Crippen molar-refractivity contribution >= 4 is 5.69 Å². The molecule has 0 aliphatic heterocycles. The number of hydrogen-bond acceptors (Lipinski definition) is 4. The lowest BCUT2D eigenvalue weighted by atomic mass is 10.2. The van der Waals surface area contributed by atoms with Crippen LogP contribution in [-0.2, 0) is 0 Å². The summed E-state index contributed by atoms with van der Waals surface area (Å²) in [5, 5.41) is 15.4. The van der Waals surface area contributed by atoms with Crippen LogP contribution in [0.1, 0.15) is 11.4 Å². The fourth-order valence-electron chi connectivity index (χ4n) is 1.90. The number of para-hydroxylation sites is 1. The van der Waals surface area contributed by atoms with Crippen molar-refractivity contribution in [3.05, 3.63) is 45.8 Å². The van der Waals surface area contributed by atoms with Gasteiger partial charge in [0.15, 0.2) is 5.75 Å². The number of nitro groups is 1. The van der Waals surface area contributed by atoms with Crippen molar-refractivity contribution in [2.45, 2.75) is 13.8 Å². The first-order valence-electron chi connectivity index (χ1n) is 5.39. The summed E-state index contributed by atoms with van der Waals surface area (Å²) in [6, 6.07) is 6.79. The van der Waals surface area contributed by atoms with Crippen LogP contribution in [0.4, 0.5) is 5.69 Å². The highest BCUT2D eigenvalue weighted by atomic mass is 16.6. The van der Waals surface area contributed by atoms with Crippen LogP contribution in [0, 0.1) is 24.0 Å². The summed E-state index contributed by atoms with van der Waals surface area (Å²) < 4.78 is 6.58. The Morgan fingerprint density at radius 3 is 2.61 bits per heavy atom. The third-order valence-corrected chi connectivity index (χ3v) is 2.62. The highest BCUT2D eigenvalue weighted by molar-refractivity contribution is 5.61. The minimum atomic E-state index is -0.454. The van der Waals surface area contributed by atoms with Crippen LogP contribution < -0.4 is 4.74 Å². The van der Waals surface area contributed by atoms with Crippen LogP contribution in [0.15, 0.2) is 24.3 Å². The van der Waals surface area contributed by atoms with Crippen molar-refractivity contribution in [2.75, 3.05) is 7.11 Å². The molecule has 0 amide bonds. The molecule has 0 aliphatic carbocycles. The molecular formula is C12H13N3O3. The van der Waals surface area contributed by atoms with Gasteiger partial charge in [-0.15, -0.1) is 0 Å². The molecule has 0 bridgehead atoms. The summed E-state index contributed by atoms with van der Waals surface area (Å²) >= 11 is 0. The van der Waals surface area contributed by atoms with E-state index >= 15 is 0 Å². The van der Waals surface area contributed by atoms with Crippen LogP contribution in [0.3, 0.4) is 0 Å². The summed E-state index contributed by atoms with van der Waals surface area (Å²) in [4.78, 5) is 10.7. The number of aromatic nitrogens is 2. The summed E-state index contributed by atoms with van der Waals surface area (Å²) in [7, 11) is 1.41. The molecular weight excluding hydrogens is 234 g/mol. The molecule has 0 spiro atoms. The van der Waals surface area contributed by atoms with Crippen LogP contribution in [-0.4, -0.2) is 21.8 Å². The van der Waals surface area contributed by atoms with Crippen molar-refractivity contribution in [2.24, 2.45) is 0 Å². The molecule has 18 heavy (non-hydrogen) atoms. The first-order valence-corrected chi connectivity index (χ1v) is 5.39. The number of nitro benzene ring substituents is 1. The van der Waals surface area contributed by atoms with Crippen LogP contribution in [0.2, 0.25) is 0 Å². The number of methoxy groups -OCH3 is 1. The molecule has 0 N–H and O–H groups in total. The van der Waals surface area contributed by atoms with Gasteiger partial charge in [0.05, 0.1) is 17.7 Å². The molecule has 0 unspecified atom stereocenters. The Kier molecular flexibility index (Phi) is 3.01. The topological polar surface area (TPSA) is 70.2 Å². The Bertz CT molecular complexity index is 605. The molecule has 1 aromatic heterocycles. The fourth-order valence-corrected chi connectivity index (χ4v) is 1.90. The normalized spacial score (nSPS) is 10.4. The van der Waals surface area contributed by atoms with Gasteiger partial charge in [0, 0.05) is 5.69 Å². The van der Waals surface area contributed by atoms with Gasteiger partial charge in [-0.25, -0.2) is 4.68 Å². The van der Waals surface area contributed by atoms with Crippen molar-refractivity contribution < 1.29 is 9.66 Å². The molecule has 0 saturated heterocycles. The van der Waals surface area contributed by atoms with Crippen molar-refractivity contribution in [3.63, 3.8) is 0 Å². The second-order valence-corrected chi connectivity index (χ2v) is 3.92. The summed E-state index contributed by atoms with van der Waals surface area (Å²) in [6.45, 7) is 3.69. The van der Waals surface area contributed by atoms with Gasteiger partial charge in [0.2, 0.25) is 0 Å². The number of benzene rings is 1. The minimum absolute atomic E-state index is 0.0776. The van der Waals surface area contributed by atoms with E-state index in [0.29, 0.717) is 5.69 Å². The molecule has 94 valence electrons. The van der Waals surface area contributed by atoms with Gasteiger partial charge < -0.3 is 4.74 Å². The average Bonchev–Trinajstić information content (AvgIpc) is 2.67. The number of ether oxygens (including phenoxy) is 1. The number of hydrogen-bond donors (Lipinski definition) is 0. The molecule has 0 saturated carbocycles. The second-order valence-electron chi connectivity index (χ2n) is 3.92. The van der Waals surface area contributed by atoms with E-state index in [9.17, 15) is 10.1 Å². The summed E-state index contributed by atoms with van der Waals surface area (Å²) in [5.41, 5.74) is 1.98. The highest BCUT2D eigenvalue weighted by Crippen LogP contribution is 2.33. The monoisotopic (exact) mass is 247 g/mol. The lowest BCUT2D eigenvalue weighted by molar-refractivity contribution is -0.385. The van der Waals surface area contributed by atoms with E-state index in [1.165, 1.54) is 7.11 Å². The maximum atomic E-state index is 11.2. The number of rotatable bonds is 3. The van der Waals surface area contributed by atoms with Gasteiger partial charge in [-0.1, -0.05) is 6.07 Å². The zero-order valence-corrected chi connectivity index (χ0v) is 10.4. The average molecular weight is 247 g/mol. The first kappa shape index (κ1) is 12.1. The zero-order chi connectivity index (χ0) is 13.3. The summed E-state index contributed by atoms with van der Waals surface area (Å²) in [5.74, 6) is 0.227. The molecule has 0 fully saturated rings. The molecule has 6 heteroatoms. The lowest BCUT2D eigenvalue weighted by Crippen LogP contribution is -2.05. The van der Waals surface area contributed by atoms with Gasteiger partial charge in [-0.3, -0.25) is 10.1 Å². The third-order valence-electron chi connectivity index (χ3n) is 2.62. The van der Waals surface area contributed by atoms with Crippen LogP contribution >= 0.6 is 0 Å². The molecule has 0 radical (unpaired) electrons. The zero-order valence-electron chi connectivity index (χ0n) is 10.4. The van der Waals surface area contributed by atoms with Gasteiger partial charge in [0.25, 0.3) is 0 Å². The minimum Gasteiger partial charge on any atom is -0.490 e. The molecule has 2 aromatic rings. The molecule has 0 atom stereocenters. The Morgan fingerprint density at radius 2 is 2.11 bits per heavy atom. The van der Waals surface area contributed by atoms with Crippen molar-refractivity contribution in [1.82, 2.24) is 9.78 Å². The van der Waals surface area contributed by atoms with E-state index in [-0.39, 0.29) is 11.4 Å². The van der Waals surface area contributed by atoms with E-state index < -0.39 is 4.92 Å². The Labute approximate surface area is 104 Å². The van der Waals surface area contributed by atoms with E-state index in [4.69, 9.17) is 4.74 Å². The smallest absolute Gasteiger partial charge is 0.336 e. The maximum Gasteiger partial charge on any atom is 0.336 e. The third kappa shape index (κ3) is 1.92. The molecule has 6 nitrogen and oxygen atoms in total. The predicted octanol–water partition coefficient (Wildman–Crippen LogP) is 2.41. The largest absolute Gasteiger partial charge is 0.490 e. The van der Waals surface area contributed by atoms with Gasteiger partial charge in [-0.2, -0.15) is 5.10 Å². The predicted molar refractivity (Wildman–Crippen MR) is 66.2 cm³/mol. The van der Waals surface area contributed by atoms with Crippen LogP contribution in [0.5, 0.6) is 5.75 Å². The van der Waals surface area contributed by atoms with Gasteiger partial charge >= 0.3 is 5.69 Å². The van der Waals surface area contributed by atoms with E-state index in [1.807, 2.05) is 19.9 Å². The van der Waals surface area contributed by atoms with Crippen LogP contribution in [0.25, 0.3) is 5.69 Å². The maximum absolute atomic E-state index is 11.2. The standard InChI is InChI=1S/C12H13N3O3/c1-8-7-9(2)14(13-8)10-5-4-6-11(18-3)12(10)15(16)17/h4-7H,1-3H3. The van der Waals surface area contributed by atoms with Crippen molar-refractivity contribution in [1.29, 1.82) is 0 Å². The highest BCUT2D eigenvalue weighted by Gasteiger charge is 2.23. The molecule has 1 heterocycles. The SMILES string of the molecule is COc1cccc(-n2nc(C)cc2C)c1[N+](=O)[O-]. The first-order chi connectivity index (χ1) is 8.54. The second kappa shape index (κ2) is 4.48. The Balaban J connectivity index is 2.71. The summed E-state index contributed by atoms with van der Waals surface area (Å²) in [6.07, 6.45) is 0. The van der Waals surface area contributed by atoms with Gasteiger partial charge in [0.1, 0.15) is 5.69 Å². The molecule has 0 aliphatic rings. The molecule has 2 rings (SSSR count). The Hall–Kier alpha value is -2.37. The number of nitrogens with zero attached hydrogens (tertiary/aromatic N) is 3. The fraction of sp³-hybridized carbons (Fsp3) is 0.250. The quantitative estimate of drug-likeness (QED) is 0.616. The van der Waals surface area contributed by atoms with E-state index in [0.717, 1.165) is 11.4 Å². The van der Waals surface area contributed by atoms with E-state index in [2.05, 4.69) is 5.10 Å².